The molecule has 30 heavy (non-hydrogen) atoms. The van der Waals surface area contributed by atoms with Crippen LogP contribution < -0.4 is 16.4 Å². The van der Waals surface area contributed by atoms with Crippen LogP contribution in [0.4, 0.5) is 24.7 Å². The second-order valence-corrected chi connectivity index (χ2v) is 7.86. The molecule has 0 spiro atoms. The van der Waals surface area contributed by atoms with Gasteiger partial charge in [0, 0.05) is 24.3 Å². The van der Waals surface area contributed by atoms with Gasteiger partial charge in [0.1, 0.15) is 17.8 Å². The number of fused-ring (bicyclic) bond motifs is 1. The SMILES string of the molecule is C[C@@H](Nc1ncnc2c1cc(C1CCNCC1)n2C)c1cc(N)cc(C(F)(F)F)c1. The first-order chi connectivity index (χ1) is 14.2. The Bertz CT molecular complexity index is 1050. The van der Waals surface area contributed by atoms with E-state index in [9.17, 15) is 13.2 Å². The van der Waals surface area contributed by atoms with Crippen molar-refractivity contribution in [3.05, 3.63) is 47.4 Å². The Morgan fingerprint density at radius 2 is 1.90 bits per heavy atom. The average Bonchev–Trinajstić information content (AvgIpc) is 3.05. The number of aryl methyl sites for hydroxylation is 1. The Morgan fingerprint density at radius 3 is 2.60 bits per heavy atom. The van der Waals surface area contributed by atoms with Gasteiger partial charge >= 0.3 is 6.18 Å². The lowest BCUT2D eigenvalue weighted by atomic mass is 9.94. The Hall–Kier alpha value is -2.81. The molecule has 2 aromatic heterocycles. The number of alkyl halides is 3. The number of aromatic nitrogens is 3. The van der Waals surface area contributed by atoms with E-state index in [1.54, 1.807) is 13.0 Å². The van der Waals surface area contributed by atoms with Crippen LogP contribution in [0.1, 0.15) is 48.5 Å². The van der Waals surface area contributed by atoms with Gasteiger partial charge in [-0.1, -0.05) is 0 Å². The number of benzene rings is 1. The summed E-state index contributed by atoms with van der Waals surface area (Å²) in [7, 11) is 1.99. The van der Waals surface area contributed by atoms with E-state index < -0.39 is 17.8 Å². The van der Waals surface area contributed by atoms with Crippen LogP contribution in [-0.4, -0.2) is 27.6 Å². The Morgan fingerprint density at radius 1 is 1.17 bits per heavy atom. The first-order valence-electron chi connectivity index (χ1n) is 9.99. The number of nitrogens with two attached hydrogens (primary N) is 1. The van der Waals surface area contributed by atoms with Crippen LogP contribution in [0.15, 0.2) is 30.6 Å². The van der Waals surface area contributed by atoms with Gasteiger partial charge in [-0.15, -0.1) is 0 Å². The van der Waals surface area contributed by atoms with E-state index in [-0.39, 0.29) is 5.69 Å². The summed E-state index contributed by atoms with van der Waals surface area (Å²) in [6, 6.07) is 5.30. The smallest absolute Gasteiger partial charge is 0.399 e. The largest absolute Gasteiger partial charge is 0.416 e. The number of hydrogen-bond donors (Lipinski definition) is 3. The monoisotopic (exact) mass is 418 g/mol. The highest BCUT2D eigenvalue weighted by Crippen LogP contribution is 2.35. The van der Waals surface area contributed by atoms with Gasteiger partial charge in [0.05, 0.1) is 17.0 Å². The van der Waals surface area contributed by atoms with E-state index in [0.29, 0.717) is 17.3 Å². The van der Waals surface area contributed by atoms with E-state index in [0.717, 1.165) is 49.1 Å². The van der Waals surface area contributed by atoms with E-state index in [4.69, 9.17) is 5.73 Å². The molecule has 9 heteroatoms. The molecule has 0 amide bonds. The number of piperidine rings is 1. The van der Waals surface area contributed by atoms with Crippen molar-refractivity contribution in [3.63, 3.8) is 0 Å². The molecule has 0 radical (unpaired) electrons. The van der Waals surface area contributed by atoms with Gasteiger partial charge in [-0.05, 0) is 62.7 Å². The van der Waals surface area contributed by atoms with Gasteiger partial charge in [-0.3, -0.25) is 0 Å². The minimum Gasteiger partial charge on any atom is -0.399 e. The molecule has 1 aliphatic rings. The van der Waals surface area contributed by atoms with Crippen LogP contribution >= 0.6 is 0 Å². The molecule has 1 fully saturated rings. The van der Waals surface area contributed by atoms with E-state index in [1.807, 2.05) is 7.05 Å². The number of nitrogen functional groups attached to an aromatic ring is 1. The van der Waals surface area contributed by atoms with Crippen molar-refractivity contribution < 1.29 is 13.2 Å². The average molecular weight is 418 g/mol. The van der Waals surface area contributed by atoms with Gasteiger partial charge in [-0.2, -0.15) is 13.2 Å². The molecule has 3 aromatic rings. The lowest BCUT2D eigenvalue weighted by Crippen LogP contribution is -2.27. The fraction of sp³-hybridized carbons (Fsp3) is 0.429. The predicted octanol–water partition coefficient (Wildman–Crippen LogP) is 4.21. The first kappa shape index (κ1) is 20.5. The topological polar surface area (TPSA) is 80.8 Å². The molecule has 4 N–H and O–H groups in total. The van der Waals surface area contributed by atoms with Gasteiger partial charge < -0.3 is 20.9 Å². The summed E-state index contributed by atoms with van der Waals surface area (Å²) in [6.45, 7) is 3.76. The number of halogens is 3. The fourth-order valence-corrected chi connectivity index (χ4v) is 4.16. The number of hydrogen-bond acceptors (Lipinski definition) is 5. The van der Waals surface area contributed by atoms with Crippen molar-refractivity contribution in [1.29, 1.82) is 0 Å². The zero-order valence-electron chi connectivity index (χ0n) is 16.9. The molecule has 1 saturated heterocycles. The predicted molar refractivity (Wildman–Crippen MR) is 111 cm³/mol. The molecule has 4 rings (SSSR count). The molecule has 1 aliphatic heterocycles. The fourth-order valence-electron chi connectivity index (χ4n) is 4.16. The summed E-state index contributed by atoms with van der Waals surface area (Å²) in [5.74, 6) is 1.04. The molecule has 1 aromatic carbocycles. The third kappa shape index (κ3) is 3.94. The van der Waals surface area contributed by atoms with Crippen LogP contribution in [0.25, 0.3) is 11.0 Å². The number of nitrogens with one attached hydrogen (secondary N) is 2. The van der Waals surface area contributed by atoms with Crippen LogP contribution in [-0.2, 0) is 13.2 Å². The van der Waals surface area contributed by atoms with Crippen molar-refractivity contribution >= 4 is 22.5 Å². The van der Waals surface area contributed by atoms with Crippen molar-refractivity contribution in [2.24, 2.45) is 7.05 Å². The summed E-state index contributed by atoms with van der Waals surface area (Å²) in [6.07, 6.45) is -0.861. The molecule has 6 nitrogen and oxygen atoms in total. The zero-order valence-corrected chi connectivity index (χ0v) is 16.9. The first-order valence-corrected chi connectivity index (χ1v) is 9.99. The highest BCUT2D eigenvalue weighted by Gasteiger charge is 2.31. The summed E-state index contributed by atoms with van der Waals surface area (Å²) in [5, 5.41) is 7.49. The zero-order chi connectivity index (χ0) is 21.5. The molecule has 0 unspecified atom stereocenters. The number of rotatable bonds is 4. The lowest BCUT2D eigenvalue weighted by molar-refractivity contribution is -0.137. The molecule has 0 aliphatic carbocycles. The molecule has 0 saturated carbocycles. The minimum absolute atomic E-state index is 0.0780. The third-order valence-electron chi connectivity index (χ3n) is 5.78. The van der Waals surface area contributed by atoms with Crippen molar-refractivity contribution in [2.75, 3.05) is 24.1 Å². The summed E-state index contributed by atoms with van der Waals surface area (Å²) in [4.78, 5) is 8.79. The van der Waals surface area contributed by atoms with Crippen molar-refractivity contribution in [2.45, 2.75) is 37.9 Å². The maximum absolute atomic E-state index is 13.2. The minimum atomic E-state index is -4.45. The van der Waals surface area contributed by atoms with Crippen LogP contribution in [0.3, 0.4) is 0 Å². The standard InChI is InChI=1S/C21H25F3N6/c1-12(14-7-15(21(22,23)24)9-16(25)8-14)29-19-17-10-18(13-3-5-26-6-4-13)30(2)20(17)28-11-27-19/h7-13,26H,3-6,25H2,1-2H3,(H,27,28,29)/t12-/m1/s1. The third-order valence-corrected chi connectivity index (χ3v) is 5.78. The van der Waals surface area contributed by atoms with E-state index >= 15 is 0 Å². The van der Waals surface area contributed by atoms with Gasteiger partial charge in [0.2, 0.25) is 0 Å². The molecule has 160 valence electrons. The molecular formula is C21H25F3N6. The summed E-state index contributed by atoms with van der Waals surface area (Å²) in [5.41, 5.74) is 7.49. The number of anilines is 2. The van der Waals surface area contributed by atoms with Gasteiger partial charge in [0.25, 0.3) is 0 Å². The second-order valence-electron chi connectivity index (χ2n) is 7.86. The molecular weight excluding hydrogens is 393 g/mol. The van der Waals surface area contributed by atoms with Gasteiger partial charge in [-0.25, -0.2) is 9.97 Å². The quantitative estimate of drug-likeness (QED) is 0.553. The molecule has 3 heterocycles. The Labute approximate surface area is 172 Å². The van der Waals surface area contributed by atoms with Crippen LogP contribution in [0.2, 0.25) is 0 Å². The van der Waals surface area contributed by atoms with Crippen molar-refractivity contribution in [3.8, 4) is 0 Å². The maximum Gasteiger partial charge on any atom is 0.416 e. The Balaban J connectivity index is 1.66. The highest BCUT2D eigenvalue weighted by molar-refractivity contribution is 5.88. The molecule has 0 bridgehead atoms. The summed E-state index contributed by atoms with van der Waals surface area (Å²) >= 11 is 0. The van der Waals surface area contributed by atoms with Crippen LogP contribution in [0.5, 0.6) is 0 Å². The maximum atomic E-state index is 13.2. The highest BCUT2D eigenvalue weighted by atomic mass is 19.4. The molecule has 1 atom stereocenters. The number of nitrogens with zero attached hydrogens (tertiary/aromatic N) is 3. The summed E-state index contributed by atoms with van der Waals surface area (Å²) < 4.78 is 41.6. The van der Waals surface area contributed by atoms with Crippen molar-refractivity contribution in [1.82, 2.24) is 19.9 Å². The van der Waals surface area contributed by atoms with Crippen LogP contribution in [0, 0.1) is 0 Å². The lowest BCUT2D eigenvalue weighted by Gasteiger charge is -2.23. The van der Waals surface area contributed by atoms with E-state index in [2.05, 4.69) is 31.2 Å². The normalized spacial score (nSPS) is 16.7. The Kier molecular flexibility index (Phi) is 5.31. The van der Waals surface area contributed by atoms with Gasteiger partial charge in [0.15, 0.2) is 0 Å². The second kappa shape index (κ2) is 7.79. The van der Waals surface area contributed by atoms with E-state index in [1.165, 1.54) is 12.0 Å².